The molecule has 2 aromatic heterocycles. The number of aryl methyl sites for hydroxylation is 1. The van der Waals surface area contributed by atoms with Gasteiger partial charge in [-0.2, -0.15) is 0 Å². The van der Waals surface area contributed by atoms with Gasteiger partial charge in [-0.15, -0.1) is 10.2 Å². The van der Waals surface area contributed by atoms with E-state index in [1.807, 2.05) is 4.90 Å². The second-order valence-corrected chi connectivity index (χ2v) is 5.40. The predicted molar refractivity (Wildman–Crippen MR) is 79.0 cm³/mol. The van der Waals surface area contributed by atoms with Crippen molar-refractivity contribution >= 4 is 5.91 Å². The molecule has 0 aromatic carbocycles. The molecule has 1 fully saturated rings. The number of hydrogen-bond acceptors (Lipinski definition) is 6. The van der Waals surface area contributed by atoms with E-state index < -0.39 is 0 Å². The fraction of sp³-hybridized carbons (Fsp3) is 0.467. The SMILES string of the molecule is Cc1nnc(CNC2CCN(C(=O)c3cccnc3)CC2)o1. The number of rotatable bonds is 4. The number of carbonyl (C=O) groups is 1. The maximum Gasteiger partial charge on any atom is 0.255 e. The fourth-order valence-corrected chi connectivity index (χ4v) is 2.60. The summed E-state index contributed by atoms with van der Waals surface area (Å²) in [5.74, 6) is 1.24. The van der Waals surface area contributed by atoms with Crippen LogP contribution in [0, 0.1) is 6.92 Å². The Hall–Kier alpha value is -2.28. The van der Waals surface area contributed by atoms with E-state index in [0.717, 1.165) is 25.9 Å². The fourth-order valence-electron chi connectivity index (χ4n) is 2.60. The second kappa shape index (κ2) is 6.65. The van der Waals surface area contributed by atoms with Gasteiger partial charge < -0.3 is 14.6 Å². The molecule has 0 atom stereocenters. The minimum Gasteiger partial charge on any atom is -0.424 e. The van der Waals surface area contributed by atoms with Gasteiger partial charge in [-0.1, -0.05) is 0 Å². The van der Waals surface area contributed by atoms with Crippen molar-refractivity contribution < 1.29 is 9.21 Å². The first kappa shape index (κ1) is 14.6. The number of likely N-dealkylation sites (tertiary alicyclic amines) is 1. The lowest BCUT2D eigenvalue weighted by atomic mass is 10.0. The first-order valence-corrected chi connectivity index (χ1v) is 7.44. The molecule has 116 valence electrons. The highest BCUT2D eigenvalue weighted by Crippen LogP contribution is 2.14. The first-order chi connectivity index (χ1) is 10.7. The predicted octanol–water partition coefficient (Wildman–Crippen LogP) is 1.17. The Morgan fingerprint density at radius 3 is 2.86 bits per heavy atom. The Balaban J connectivity index is 1.47. The Kier molecular flexibility index (Phi) is 4.43. The lowest BCUT2D eigenvalue weighted by Gasteiger charge is -2.32. The third kappa shape index (κ3) is 3.48. The van der Waals surface area contributed by atoms with Gasteiger partial charge in [-0.05, 0) is 25.0 Å². The molecule has 1 amide bonds. The van der Waals surface area contributed by atoms with Crippen LogP contribution in [-0.4, -0.2) is 45.1 Å². The van der Waals surface area contributed by atoms with Crippen LogP contribution >= 0.6 is 0 Å². The Morgan fingerprint density at radius 2 is 2.23 bits per heavy atom. The summed E-state index contributed by atoms with van der Waals surface area (Å²) in [6.45, 7) is 3.84. The highest BCUT2D eigenvalue weighted by molar-refractivity contribution is 5.93. The highest BCUT2D eigenvalue weighted by Gasteiger charge is 2.23. The van der Waals surface area contributed by atoms with E-state index in [2.05, 4.69) is 20.5 Å². The van der Waals surface area contributed by atoms with Crippen LogP contribution in [0.5, 0.6) is 0 Å². The summed E-state index contributed by atoms with van der Waals surface area (Å²) in [4.78, 5) is 18.2. The number of piperidine rings is 1. The topological polar surface area (TPSA) is 84.2 Å². The summed E-state index contributed by atoms with van der Waals surface area (Å²) in [7, 11) is 0. The van der Waals surface area contributed by atoms with Crippen molar-refractivity contribution in [3.63, 3.8) is 0 Å². The zero-order valence-corrected chi connectivity index (χ0v) is 12.5. The van der Waals surface area contributed by atoms with Crippen molar-refractivity contribution in [2.45, 2.75) is 32.4 Å². The summed E-state index contributed by atoms with van der Waals surface area (Å²) in [5.41, 5.74) is 0.648. The van der Waals surface area contributed by atoms with E-state index in [1.54, 1.807) is 31.5 Å². The number of aromatic nitrogens is 3. The molecule has 0 aliphatic carbocycles. The van der Waals surface area contributed by atoms with Crippen LogP contribution in [0.1, 0.15) is 35.0 Å². The van der Waals surface area contributed by atoms with E-state index >= 15 is 0 Å². The summed E-state index contributed by atoms with van der Waals surface area (Å²) in [5, 5.41) is 11.2. The normalized spacial score (nSPS) is 16.0. The molecule has 0 bridgehead atoms. The summed E-state index contributed by atoms with van der Waals surface area (Å²) in [6.07, 6.45) is 5.12. The quantitative estimate of drug-likeness (QED) is 0.912. The van der Waals surface area contributed by atoms with Gasteiger partial charge in [0.2, 0.25) is 11.8 Å². The molecule has 1 aliphatic rings. The molecular weight excluding hydrogens is 282 g/mol. The van der Waals surface area contributed by atoms with Gasteiger partial charge in [-0.3, -0.25) is 9.78 Å². The average Bonchev–Trinajstić information content (AvgIpc) is 2.99. The Morgan fingerprint density at radius 1 is 1.41 bits per heavy atom. The van der Waals surface area contributed by atoms with Crippen LogP contribution in [0.15, 0.2) is 28.9 Å². The number of nitrogens with one attached hydrogen (secondary N) is 1. The molecule has 1 N–H and O–H groups in total. The largest absolute Gasteiger partial charge is 0.424 e. The monoisotopic (exact) mass is 301 g/mol. The molecule has 0 unspecified atom stereocenters. The summed E-state index contributed by atoms with van der Waals surface area (Å²) in [6, 6.07) is 3.95. The molecule has 7 nitrogen and oxygen atoms in total. The van der Waals surface area contributed by atoms with Gasteiger partial charge in [0.15, 0.2) is 0 Å². The number of hydrogen-bond donors (Lipinski definition) is 1. The van der Waals surface area contributed by atoms with E-state index in [4.69, 9.17) is 4.42 Å². The van der Waals surface area contributed by atoms with Crippen LogP contribution in [0.4, 0.5) is 0 Å². The first-order valence-electron chi connectivity index (χ1n) is 7.44. The molecule has 2 aromatic rings. The maximum atomic E-state index is 12.3. The number of nitrogens with zero attached hydrogens (tertiary/aromatic N) is 4. The van der Waals surface area contributed by atoms with Crippen molar-refractivity contribution in [1.82, 2.24) is 25.4 Å². The zero-order chi connectivity index (χ0) is 15.4. The molecule has 7 heteroatoms. The number of carbonyl (C=O) groups excluding carboxylic acids is 1. The van der Waals surface area contributed by atoms with Crippen molar-refractivity contribution in [3.05, 3.63) is 41.9 Å². The lowest BCUT2D eigenvalue weighted by molar-refractivity contribution is 0.0703. The van der Waals surface area contributed by atoms with Crippen molar-refractivity contribution in [1.29, 1.82) is 0 Å². The third-order valence-electron chi connectivity index (χ3n) is 3.80. The second-order valence-electron chi connectivity index (χ2n) is 5.40. The Labute approximate surface area is 128 Å². The van der Waals surface area contributed by atoms with Gasteiger partial charge in [0.25, 0.3) is 5.91 Å². The average molecular weight is 301 g/mol. The molecule has 0 radical (unpaired) electrons. The van der Waals surface area contributed by atoms with Gasteiger partial charge in [0, 0.05) is 38.4 Å². The van der Waals surface area contributed by atoms with Crippen LogP contribution in [0.2, 0.25) is 0 Å². The number of amides is 1. The summed E-state index contributed by atoms with van der Waals surface area (Å²) >= 11 is 0. The smallest absolute Gasteiger partial charge is 0.255 e. The molecule has 3 rings (SSSR count). The van der Waals surface area contributed by atoms with Crippen LogP contribution in [0.25, 0.3) is 0 Å². The minimum atomic E-state index is 0.0547. The van der Waals surface area contributed by atoms with Gasteiger partial charge >= 0.3 is 0 Å². The van der Waals surface area contributed by atoms with Crippen LogP contribution in [0.3, 0.4) is 0 Å². The standard InChI is InChI=1S/C15H19N5O2/c1-11-18-19-14(22-11)10-17-13-4-7-20(8-5-13)15(21)12-3-2-6-16-9-12/h2-3,6,9,13,17H,4-5,7-8,10H2,1H3. The van der Waals surface area contributed by atoms with E-state index in [-0.39, 0.29) is 5.91 Å². The van der Waals surface area contributed by atoms with Crippen LogP contribution in [-0.2, 0) is 6.54 Å². The van der Waals surface area contributed by atoms with Crippen molar-refractivity contribution in [3.8, 4) is 0 Å². The van der Waals surface area contributed by atoms with Crippen molar-refractivity contribution in [2.75, 3.05) is 13.1 Å². The van der Waals surface area contributed by atoms with Gasteiger partial charge in [-0.25, -0.2) is 0 Å². The molecular formula is C15H19N5O2. The van der Waals surface area contributed by atoms with E-state index in [0.29, 0.717) is 29.9 Å². The Bertz CT molecular complexity index is 620. The molecule has 0 saturated carbocycles. The molecule has 1 aliphatic heterocycles. The van der Waals surface area contributed by atoms with Crippen molar-refractivity contribution in [2.24, 2.45) is 0 Å². The zero-order valence-electron chi connectivity index (χ0n) is 12.5. The van der Waals surface area contributed by atoms with Crippen LogP contribution < -0.4 is 5.32 Å². The highest BCUT2D eigenvalue weighted by atomic mass is 16.4. The molecule has 0 spiro atoms. The minimum absolute atomic E-state index is 0.0547. The van der Waals surface area contributed by atoms with Gasteiger partial charge in [0.05, 0.1) is 12.1 Å². The maximum absolute atomic E-state index is 12.3. The third-order valence-corrected chi connectivity index (χ3v) is 3.80. The summed E-state index contributed by atoms with van der Waals surface area (Å²) < 4.78 is 5.34. The molecule has 3 heterocycles. The lowest BCUT2D eigenvalue weighted by Crippen LogP contribution is -2.44. The molecule has 1 saturated heterocycles. The van der Waals surface area contributed by atoms with E-state index in [9.17, 15) is 4.79 Å². The van der Waals surface area contributed by atoms with E-state index in [1.165, 1.54) is 0 Å². The molecule has 22 heavy (non-hydrogen) atoms. The number of pyridine rings is 1. The van der Waals surface area contributed by atoms with Gasteiger partial charge in [0.1, 0.15) is 0 Å².